The number of nitrogens with zero attached hydrogens (tertiary/aromatic N) is 7. The van der Waals surface area contributed by atoms with E-state index in [0.717, 1.165) is 125 Å². The number of aryl methyl sites for hydroxylation is 1. The second-order valence-corrected chi connectivity index (χ2v) is 22.6. The molecular formula is C63H74FN11O3. The Morgan fingerprint density at radius 1 is 0.846 bits per heavy atom. The first-order valence-corrected chi connectivity index (χ1v) is 27.3. The number of halogens is 1. The fourth-order valence-electron chi connectivity index (χ4n) is 10.8. The van der Waals surface area contributed by atoms with E-state index in [2.05, 4.69) is 141 Å². The number of aliphatic hydroxyl groups is 1. The highest BCUT2D eigenvalue weighted by Gasteiger charge is 2.37. The summed E-state index contributed by atoms with van der Waals surface area (Å²) in [5.74, 6) is 1.20. The van der Waals surface area contributed by atoms with E-state index in [1.807, 2.05) is 50.0 Å². The van der Waals surface area contributed by atoms with Crippen LogP contribution in [0.4, 0.5) is 27.4 Å². The minimum absolute atomic E-state index is 0.135. The molecule has 2 aliphatic carbocycles. The van der Waals surface area contributed by atoms with Gasteiger partial charge in [0, 0.05) is 110 Å². The molecule has 0 spiro atoms. The zero-order chi connectivity index (χ0) is 54.7. The number of aliphatic hydroxyl groups excluding tert-OH is 1. The summed E-state index contributed by atoms with van der Waals surface area (Å²) in [6, 6.07) is 29.4. The highest BCUT2D eigenvalue weighted by Crippen LogP contribution is 2.40. The summed E-state index contributed by atoms with van der Waals surface area (Å²) in [4.78, 5) is 35.4. The molecule has 4 aromatic carbocycles. The van der Waals surface area contributed by atoms with Gasteiger partial charge in [-0.1, -0.05) is 56.4 Å². The number of likely N-dealkylation sites (tertiary alicyclic amines) is 1. The van der Waals surface area contributed by atoms with Crippen LogP contribution in [0.1, 0.15) is 70.7 Å². The van der Waals surface area contributed by atoms with Gasteiger partial charge in [0.25, 0.3) is 0 Å². The second-order valence-electron chi connectivity index (χ2n) is 22.6. The summed E-state index contributed by atoms with van der Waals surface area (Å²) in [7, 11) is 2.15. The van der Waals surface area contributed by atoms with Crippen molar-refractivity contribution in [3.05, 3.63) is 179 Å². The van der Waals surface area contributed by atoms with Gasteiger partial charge in [0.1, 0.15) is 24.4 Å². The first-order valence-electron chi connectivity index (χ1n) is 27.3. The lowest BCUT2D eigenvalue weighted by atomic mass is 9.79. The van der Waals surface area contributed by atoms with Crippen LogP contribution in [0.5, 0.6) is 0 Å². The van der Waals surface area contributed by atoms with Gasteiger partial charge in [-0.15, -0.1) is 0 Å². The van der Waals surface area contributed by atoms with Crippen molar-refractivity contribution in [2.24, 2.45) is 22.5 Å². The molecule has 10 rings (SSSR count). The molecule has 78 heavy (non-hydrogen) atoms. The number of amides is 1. The number of allylic oxidation sites excluding steroid dienone is 6. The summed E-state index contributed by atoms with van der Waals surface area (Å²) in [5, 5.41) is 22.3. The van der Waals surface area contributed by atoms with E-state index in [0.29, 0.717) is 42.7 Å². The van der Waals surface area contributed by atoms with Crippen molar-refractivity contribution in [3.63, 3.8) is 0 Å². The van der Waals surface area contributed by atoms with Crippen molar-refractivity contribution >= 4 is 28.9 Å². The van der Waals surface area contributed by atoms with Crippen molar-refractivity contribution in [1.29, 1.82) is 0 Å². The number of carbonyl (C=O) groups is 1. The Hall–Kier alpha value is -7.43. The third kappa shape index (κ3) is 12.6. The molecule has 2 aliphatic heterocycles. The van der Waals surface area contributed by atoms with Gasteiger partial charge < -0.3 is 45.9 Å². The number of anilines is 4. The van der Waals surface area contributed by atoms with Gasteiger partial charge >= 0.3 is 0 Å². The largest absolute Gasteiger partial charge is 0.493 e. The third-order valence-corrected chi connectivity index (χ3v) is 16.1. The molecule has 2 saturated heterocycles. The number of aromatic nitrogens is 4. The Bertz CT molecular complexity index is 3290. The fraction of sp³-hybridized carbons (Fsp3) is 0.365. The Morgan fingerprint density at radius 3 is 2.40 bits per heavy atom. The predicted octanol–water partition coefficient (Wildman–Crippen LogP) is 10.8. The van der Waals surface area contributed by atoms with Crippen LogP contribution in [0.2, 0.25) is 0 Å². The lowest BCUT2D eigenvalue weighted by molar-refractivity contribution is -0.122. The van der Waals surface area contributed by atoms with Crippen molar-refractivity contribution in [2.75, 3.05) is 67.2 Å². The zero-order valence-corrected chi connectivity index (χ0v) is 46.1. The predicted molar refractivity (Wildman–Crippen MR) is 310 cm³/mol. The van der Waals surface area contributed by atoms with E-state index in [4.69, 9.17) is 15.5 Å². The molecule has 0 bridgehead atoms. The van der Waals surface area contributed by atoms with E-state index < -0.39 is 17.1 Å². The number of piperazine rings is 1. The van der Waals surface area contributed by atoms with Crippen molar-refractivity contribution < 1.29 is 19.0 Å². The lowest BCUT2D eigenvalue weighted by Crippen LogP contribution is -2.45. The minimum Gasteiger partial charge on any atom is -0.493 e. The first-order chi connectivity index (χ1) is 37.4. The molecule has 0 radical (unpaired) electrons. The summed E-state index contributed by atoms with van der Waals surface area (Å²) in [6.45, 7) is 18.9. The monoisotopic (exact) mass is 1050 g/mol. The van der Waals surface area contributed by atoms with Crippen LogP contribution in [-0.4, -0.2) is 98.9 Å². The van der Waals surface area contributed by atoms with Crippen molar-refractivity contribution in [2.45, 2.75) is 86.2 Å². The Morgan fingerprint density at radius 2 is 1.63 bits per heavy atom. The lowest BCUT2D eigenvalue weighted by Gasteiger charge is -2.36. The van der Waals surface area contributed by atoms with E-state index in [1.165, 1.54) is 12.1 Å². The number of benzene rings is 4. The first kappa shape index (κ1) is 53.9. The molecule has 1 amide bonds. The Labute approximate surface area is 458 Å². The smallest absolute Gasteiger partial charge is 0.234 e. The molecule has 5 atom stereocenters. The number of hydrogen-bond acceptors (Lipinski definition) is 12. The standard InChI is InChI=1S/C63H74FN11O3/c1-41-15-19-62(5,34-57(41)71-61-66-21-17-56(70-61)47-11-13-50(64)14-12-47)59(76)69-52-30-49(31-54(33-52)74-25-23-72(7)24-26-74)48-10-8-9-45(27-48)39-78-58-35-63(6,20-16-42(58)2)60(77)68-51-28-46(38-73-22-18-55(65)43(3)36-73)29-53(32-51)75-37-44(4)67-40-75/h8-17,19-21,27-33,37,40,43,55,60,68,77H,18,22-26,34-36,38-39,65H2,1-7H3,(H,69,76)(H,66,70,71). The van der Waals surface area contributed by atoms with E-state index in [9.17, 15) is 14.3 Å². The van der Waals surface area contributed by atoms with Crippen LogP contribution in [0.15, 0.2) is 157 Å². The van der Waals surface area contributed by atoms with Gasteiger partial charge in [0.05, 0.1) is 23.1 Å². The van der Waals surface area contributed by atoms with Crippen LogP contribution in [0.25, 0.3) is 28.1 Å². The third-order valence-electron chi connectivity index (χ3n) is 16.1. The maximum atomic E-state index is 14.6. The topological polar surface area (TPSA) is 162 Å². The van der Waals surface area contributed by atoms with Gasteiger partial charge in [-0.05, 0) is 160 Å². The quantitative estimate of drug-likeness (QED) is 0.0585. The zero-order valence-electron chi connectivity index (χ0n) is 46.1. The number of hydrogen-bond donors (Lipinski definition) is 5. The number of carbonyl (C=O) groups excluding carboxylic acids is 1. The molecule has 5 unspecified atom stereocenters. The molecule has 4 aliphatic rings. The normalized spacial score (nSPS) is 22.4. The average Bonchev–Trinajstić information content (AvgIpc) is 3.89. The number of imidazole rings is 1. The number of nitrogens with two attached hydrogens (primary N) is 1. The number of nitrogens with one attached hydrogen (secondary N) is 3. The molecule has 14 nitrogen and oxygen atoms in total. The molecule has 2 fully saturated rings. The summed E-state index contributed by atoms with van der Waals surface area (Å²) in [5.41, 5.74) is 17.7. The van der Waals surface area contributed by atoms with Crippen LogP contribution in [0.3, 0.4) is 0 Å². The van der Waals surface area contributed by atoms with Crippen LogP contribution >= 0.6 is 0 Å². The van der Waals surface area contributed by atoms with Crippen molar-refractivity contribution in [1.82, 2.24) is 29.3 Å². The van der Waals surface area contributed by atoms with Gasteiger partial charge in [0.2, 0.25) is 11.9 Å². The Kier molecular flexibility index (Phi) is 15.8. The summed E-state index contributed by atoms with van der Waals surface area (Å²) >= 11 is 0. The van der Waals surface area contributed by atoms with E-state index in [-0.39, 0.29) is 17.8 Å². The van der Waals surface area contributed by atoms with E-state index >= 15 is 0 Å². The SMILES string of the molecule is CC1=C(Nc2nccc(-c3ccc(F)cc3)n2)CC(C)(C(=O)Nc2cc(-c3cccc(COC4=C(C)C=CC(C)(C(O)Nc5cc(CN6CCC(N)C(C)C6)cc(-n6cnc(C)c6)c5)C4)c3)cc(N3CCN(C)CC3)c2)C=C1. The molecule has 6 N–H and O–H groups in total. The van der Waals surface area contributed by atoms with Gasteiger partial charge in [-0.3, -0.25) is 9.69 Å². The number of likely N-dealkylation sites (N-methyl/N-ethyl adjacent to an activating group) is 1. The fourth-order valence-corrected chi connectivity index (χ4v) is 10.8. The van der Waals surface area contributed by atoms with Gasteiger partial charge in [-0.2, -0.15) is 0 Å². The van der Waals surface area contributed by atoms with Crippen LogP contribution in [-0.2, 0) is 22.7 Å². The number of rotatable bonds is 16. The van der Waals surface area contributed by atoms with Gasteiger partial charge in [-0.25, -0.2) is 19.3 Å². The molecular weight excluding hydrogens is 978 g/mol. The molecule has 406 valence electrons. The van der Waals surface area contributed by atoms with Gasteiger partial charge in [0.15, 0.2) is 0 Å². The number of ether oxygens (including phenoxy) is 1. The maximum absolute atomic E-state index is 14.6. The second kappa shape index (κ2) is 22.9. The molecule has 2 aromatic heterocycles. The van der Waals surface area contributed by atoms with E-state index in [1.54, 1.807) is 24.4 Å². The molecule has 4 heterocycles. The molecule has 15 heteroatoms. The van der Waals surface area contributed by atoms with Crippen LogP contribution in [0, 0.1) is 29.5 Å². The minimum atomic E-state index is -0.921. The highest BCUT2D eigenvalue weighted by molar-refractivity contribution is 5.98. The summed E-state index contributed by atoms with van der Waals surface area (Å²) in [6.07, 6.45) is 14.6. The molecule has 6 aromatic rings. The van der Waals surface area contributed by atoms with Crippen LogP contribution < -0.4 is 26.6 Å². The summed E-state index contributed by atoms with van der Waals surface area (Å²) < 4.78 is 22.4. The number of piperidine rings is 1. The highest BCUT2D eigenvalue weighted by atomic mass is 19.1. The average molecular weight is 1050 g/mol. The Balaban J connectivity index is 0.829. The maximum Gasteiger partial charge on any atom is 0.234 e. The van der Waals surface area contributed by atoms with Crippen molar-refractivity contribution in [3.8, 4) is 28.1 Å². The molecule has 0 saturated carbocycles.